The van der Waals surface area contributed by atoms with Crippen molar-refractivity contribution >= 4 is 17.7 Å². The third-order valence-corrected chi connectivity index (χ3v) is 6.72. The molecule has 5 rings (SSSR count). The molecule has 146 valence electrons. The van der Waals surface area contributed by atoms with Gasteiger partial charge in [-0.05, 0) is 54.2 Å². The van der Waals surface area contributed by atoms with Gasteiger partial charge >= 0.3 is 0 Å². The smallest absolute Gasteiger partial charge is 0.221 e. The van der Waals surface area contributed by atoms with Crippen LogP contribution in [0.2, 0.25) is 0 Å². The van der Waals surface area contributed by atoms with Gasteiger partial charge in [-0.15, -0.1) is 11.8 Å². The molecule has 1 heterocycles. The number of primary amides is 1. The van der Waals surface area contributed by atoms with E-state index in [4.69, 9.17) is 10.7 Å². The Bertz CT molecular complexity index is 1070. The van der Waals surface area contributed by atoms with Crippen molar-refractivity contribution in [3.63, 3.8) is 0 Å². The van der Waals surface area contributed by atoms with Gasteiger partial charge in [0.1, 0.15) is 12.2 Å². The van der Waals surface area contributed by atoms with Gasteiger partial charge < -0.3 is 5.73 Å². The number of aromatic nitrogens is 3. The minimum absolute atomic E-state index is 0.0823. The Morgan fingerprint density at radius 1 is 1.03 bits per heavy atom. The molecule has 2 aromatic carbocycles. The largest absolute Gasteiger partial charge is 0.369 e. The molecule has 0 aliphatic heterocycles. The second-order valence-corrected chi connectivity index (χ2v) is 8.71. The summed E-state index contributed by atoms with van der Waals surface area (Å²) in [5.41, 5.74) is 8.97. The molecule has 2 fully saturated rings. The Labute approximate surface area is 174 Å². The molecule has 2 aliphatic carbocycles. The van der Waals surface area contributed by atoms with Crippen molar-refractivity contribution in [1.82, 2.24) is 15.0 Å². The van der Waals surface area contributed by atoms with Crippen LogP contribution in [0.1, 0.15) is 47.5 Å². The molecule has 0 saturated heterocycles. The van der Waals surface area contributed by atoms with E-state index in [1.807, 2.05) is 6.07 Å². The van der Waals surface area contributed by atoms with Crippen molar-refractivity contribution in [1.29, 1.82) is 0 Å². The van der Waals surface area contributed by atoms with Crippen molar-refractivity contribution in [3.8, 4) is 11.4 Å². The predicted octanol–water partition coefficient (Wildman–Crippen LogP) is 4.12. The van der Waals surface area contributed by atoms with Gasteiger partial charge in [0.05, 0.1) is 0 Å². The van der Waals surface area contributed by atoms with Gasteiger partial charge in [-0.3, -0.25) is 4.79 Å². The van der Waals surface area contributed by atoms with Crippen molar-refractivity contribution in [3.05, 3.63) is 71.8 Å². The lowest BCUT2D eigenvalue weighted by Gasteiger charge is -2.11. The number of hydrogen-bond acceptors (Lipinski definition) is 5. The molecular weight excluding hydrogens is 380 g/mol. The van der Waals surface area contributed by atoms with Crippen LogP contribution in [0.25, 0.3) is 11.4 Å². The van der Waals surface area contributed by atoms with Crippen LogP contribution in [0.5, 0.6) is 0 Å². The summed E-state index contributed by atoms with van der Waals surface area (Å²) in [6.45, 7) is 0. The van der Waals surface area contributed by atoms with Gasteiger partial charge in [0.2, 0.25) is 5.91 Å². The summed E-state index contributed by atoms with van der Waals surface area (Å²) in [6.07, 6.45) is 5.54. The molecule has 1 amide bonds. The predicted molar refractivity (Wildman–Crippen MR) is 114 cm³/mol. The number of amides is 1. The molecule has 0 bridgehead atoms. The Kier molecular flexibility index (Phi) is 4.59. The van der Waals surface area contributed by atoms with Crippen LogP contribution in [-0.4, -0.2) is 27.1 Å². The number of thioether (sulfide) groups is 1. The maximum Gasteiger partial charge on any atom is 0.221 e. The number of hydrogen-bond donors (Lipinski definition) is 1. The lowest BCUT2D eigenvalue weighted by molar-refractivity contribution is -0.119. The maximum atomic E-state index is 11.6. The topological polar surface area (TPSA) is 81.8 Å². The highest BCUT2D eigenvalue weighted by molar-refractivity contribution is 7.98. The Hall–Kier alpha value is -2.73. The minimum atomic E-state index is -0.227. The number of nitrogens with zero attached hydrogens (tertiary/aromatic N) is 3. The first-order chi connectivity index (χ1) is 14.2. The van der Waals surface area contributed by atoms with E-state index >= 15 is 0 Å². The molecule has 1 aromatic heterocycles. The lowest BCUT2D eigenvalue weighted by atomic mass is 10.0. The summed E-state index contributed by atoms with van der Waals surface area (Å²) in [5.74, 6) is 2.21. The third-order valence-electron chi connectivity index (χ3n) is 6.00. The Morgan fingerprint density at radius 2 is 1.86 bits per heavy atom. The standard InChI is InChI=1S/C23H22N4OS/c1-29-14-7-8-15(17-11-18(17)21(24)28)19(9-14)22-25-12-26-23(27-22)20-10-16(20)13-5-3-2-4-6-13/h2-9,12,16-18,20H,10-11H2,1H3,(H2,24,28). The molecule has 4 unspecified atom stereocenters. The summed E-state index contributed by atoms with van der Waals surface area (Å²) >= 11 is 1.68. The van der Waals surface area contributed by atoms with E-state index < -0.39 is 0 Å². The van der Waals surface area contributed by atoms with E-state index in [2.05, 4.69) is 58.7 Å². The van der Waals surface area contributed by atoms with Crippen LogP contribution in [0, 0.1) is 5.92 Å². The van der Waals surface area contributed by atoms with Crippen molar-refractivity contribution in [2.45, 2.75) is 35.5 Å². The summed E-state index contributed by atoms with van der Waals surface area (Å²) in [4.78, 5) is 26.6. The number of rotatable bonds is 6. The SMILES string of the molecule is CSc1ccc(C2CC2C(N)=O)c(-c2ncnc(C3CC3c3ccccc3)n2)c1. The zero-order valence-electron chi connectivity index (χ0n) is 16.2. The first kappa shape index (κ1) is 18.3. The molecule has 2 saturated carbocycles. The molecular formula is C23H22N4OS. The van der Waals surface area contributed by atoms with Crippen LogP contribution in [0.15, 0.2) is 59.8 Å². The number of carbonyl (C=O) groups is 1. The zero-order chi connectivity index (χ0) is 20.0. The average Bonchev–Trinajstić information content (AvgIpc) is 3.67. The van der Waals surface area contributed by atoms with Crippen molar-refractivity contribution in [2.75, 3.05) is 6.26 Å². The van der Waals surface area contributed by atoms with E-state index in [9.17, 15) is 4.79 Å². The van der Waals surface area contributed by atoms with Gasteiger partial charge in [-0.1, -0.05) is 36.4 Å². The monoisotopic (exact) mass is 402 g/mol. The van der Waals surface area contributed by atoms with E-state index in [1.165, 1.54) is 5.56 Å². The highest BCUT2D eigenvalue weighted by atomic mass is 32.2. The first-order valence-corrected chi connectivity index (χ1v) is 11.1. The minimum Gasteiger partial charge on any atom is -0.369 e. The molecule has 0 radical (unpaired) electrons. The molecule has 0 spiro atoms. The summed E-state index contributed by atoms with van der Waals surface area (Å²) in [7, 11) is 0. The fraction of sp³-hybridized carbons (Fsp3) is 0.304. The molecule has 2 N–H and O–H groups in total. The quantitative estimate of drug-likeness (QED) is 0.627. The highest BCUT2D eigenvalue weighted by Gasteiger charge is 2.44. The van der Waals surface area contributed by atoms with Gasteiger partial charge in [0, 0.05) is 22.3 Å². The van der Waals surface area contributed by atoms with Crippen LogP contribution < -0.4 is 5.73 Å². The van der Waals surface area contributed by atoms with Crippen LogP contribution in [0.4, 0.5) is 0 Å². The van der Waals surface area contributed by atoms with Gasteiger partial charge in [-0.2, -0.15) is 0 Å². The average molecular weight is 403 g/mol. The molecule has 2 aliphatic rings. The van der Waals surface area contributed by atoms with Gasteiger partial charge in [-0.25, -0.2) is 15.0 Å². The number of benzene rings is 2. The third kappa shape index (κ3) is 3.53. The second kappa shape index (κ2) is 7.26. The van der Waals surface area contributed by atoms with Crippen LogP contribution in [0.3, 0.4) is 0 Å². The molecule has 4 atom stereocenters. The molecule has 5 nitrogen and oxygen atoms in total. The first-order valence-electron chi connectivity index (χ1n) is 9.87. The van der Waals surface area contributed by atoms with Gasteiger partial charge in [0.25, 0.3) is 0 Å². The Morgan fingerprint density at radius 3 is 2.59 bits per heavy atom. The van der Waals surface area contributed by atoms with E-state index in [0.717, 1.165) is 34.7 Å². The number of carbonyl (C=O) groups excluding carboxylic acids is 1. The molecule has 6 heteroatoms. The Balaban J connectivity index is 1.47. The fourth-order valence-corrected chi connectivity index (χ4v) is 4.64. The molecule has 3 aromatic rings. The zero-order valence-corrected chi connectivity index (χ0v) is 17.0. The molecule has 29 heavy (non-hydrogen) atoms. The fourth-order valence-electron chi connectivity index (χ4n) is 4.20. The normalized spacial score (nSPS) is 24.9. The lowest BCUT2D eigenvalue weighted by Crippen LogP contribution is -2.13. The van der Waals surface area contributed by atoms with Crippen molar-refractivity contribution < 1.29 is 4.79 Å². The van der Waals surface area contributed by atoms with E-state index in [0.29, 0.717) is 17.7 Å². The summed E-state index contributed by atoms with van der Waals surface area (Å²) in [5, 5.41) is 0. The van der Waals surface area contributed by atoms with E-state index in [-0.39, 0.29) is 17.7 Å². The summed E-state index contributed by atoms with van der Waals surface area (Å²) < 4.78 is 0. The summed E-state index contributed by atoms with van der Waals surface area (Å²) in [6, 6.07) is 16.9. The van der Waals surface area contributed by atoms with Crippen molar-refractivity contribution in [2.24, 2.45) is 11.7 Å². The van der Waals surface area contributed by atoms with Crippen LogP contribution >= 0.6 is 11.8 Å². The number of nitrogens with two attached hydrogens (primary N) is 1. The van der Waals surface area contributed by atoms with E-state index in [1.54, 1.807) is 18.1 Å². The van der Waals surface area contributed by atoms with Crippen LogP contribution in [-0.2, 0) is 4.79 Å². The highest BCUT2D eigenvalue weighted by Crippen LogP contribution is 2.54. The van der Waals surface area contributed by atoms with Gasteiger partial charge in [0.15, 0.2) is 5.82 Å². The second-order valence-electron chi connectivity index (χ2n) is 7.83. The maximum absolute atomic E-state index is 11.6.